The van der Waals surface area contributed by atoms with Gasteiger partial charge >= 0.3 is 0 Å². The third-order valence-electron chi connectivity index (χ3n) is 5.07. The molecule has 0 radical (unpaired) electrons. The maximum Gasteiger partial charge on any atom is 0.271 e. The van der Waals surface area contributed by atoms with Crippen LogP contribution in [0.1, 0.15) is 16.1 Å². The number of aromatic nitrogens is 2. The molecule has 1 N–H and O–H groups in total. The fraction of sp³-hybridized carbons (Fsp3) is 0.0833. The molecule has 3 aromatic carbocycles. The zero-order chi connectivity index (χ0) is 24.2. The minimum Gasteiger partial charge on any atom is -0.350 e. The van der Waals surface area contributed by atoms with E-state index in [2.05, 4.69) is 10.4 Å². The minimum atomic E-state index is -0.541. The van der Waals surface area contributed by atoms with E-state index in [1.807, 2.05) is 0 Å². The van der Waals surface area contributed by atoms with Crippen LogP contribution in [-0.2, 0) is 6.42 Å². The van der Waals surface area contributed by atoms with Crippen LogP contribution in [0.25, 0.3) is 16.9 Å². The Morgan fingerprint density at radius 2 is 1.85 bits per heavy atom. The predicted octanol–water partition coefficient (Wildman–Crippen LogP) is 5.87. The second kappa shape index (κ2) is 10.0. The number of amides is 1. The van der Waals surface area contributed by atoms with E-state index in [0.29, 0.717) is 22.2 Å². The highest BCUT2D eigenvalue weighted by Gasteiger charge is 2.20. The Balaban J connectivity index is 1.65. The third kappa shape index (κ3) is 5.08. The molecule has 172 valence electrons. The Morgan fingerprint density at radius 1 is 1.06 bits per heavy atom. The van der Waals surface area contributed by atoms with E-state index in [9.17, 15) is 19.3 Å². The lowest BCUT2D eigenvalue weighted by atomic mass is 10.1. The van der Waals surface area contributed by atoms with Crippen molar-refractivity contribution in [2.45, 2.75) is 6.42 Å². The quantitative estimate of drug-likeness (QED) is 0.255. The molecule has 4 aromatic rings. The average Bonchev–Trinajstić information content (AvgIpc) is 3.26. The zero-order valence-electron chi connectivity index (χ0n) is 17.5. The first-order valence-corrected chi connectivity index (χ1v) is 10.9. The van der Waals surface area contributed by atoms with Crippen molar-refractivity contribution in [1.82, 2.24) is 15.1 Å². The van der Waals surface area contributed by atoms with E-state index >= 15 is 0 Å². The Labute approximate surface area is 203 Å². The predicted molar refractivity (Wildman–Crippen MR) is 128 cm³/mol. The number of hydrogen-bond acceptors (Lipinski definition) is 4. The lowest BCUT2D eigenvalue weighted by Crippen LogP contribution is -2.28. The number of rotatable bonds is 7. The maximum absolute atomic E-state index is 14.4. The molecule has 1 aromatic heterocycles. The number of halogens is 3. The number of benzene rings is 3. The Hall–Kier alpha value is -3.75. The van der Waals surface area contributed by atoms with Gasteiger partial charge in [0.25, 0.3) is 11.6 Å². The largest absolute Gasteiger partial charge is 0.350 e. The van der Waals surface area contributed by atoms with Crippen molar-refractivity contribution in [1.29, 1.82) is 0 Å². The van der Waals surface area contributed by atoms with Gasteiger partial charge in [0.1, 0.15) is 11.5 Å². The van der Waals surface area contributed by atoms with Gasteiger partial charge in [-0.1, -0.05) is 47.5 Å². The van der Waals surface area contributed by atoms with Gasteiger partial charge in [-0.2, -0.15) is 5.10 Å². The first-order valence-electron chi connectivity index (χ1n) is 10.2. The number of nitrogens with one attached hydrogen (secondary N) is 1. The number of carbonyl (C=O) groups excluding carboxylic acids is 1. The Kier molecular flexibility index (Phi) is 6.90. The van der Waals surface area contributed by atoms with Crippen molar-refractivity contribution < 1.29 is 14.1 Å². The molecule has 0 unspecified atom stereocenters. The summed E-state index contributed by atoms with van der Waals surface area (Å²) in [7, 11) is 0. The zero-order valence-corrected chi connectivity index (χ0v) is 19.1. The summed E-state index contributed by atoms with van der Waals surface area (Å²) in [5.41, 5.74) is 1.46. The van der Waals surface area contributed by atoms with Crippen LogP contribution >= 0.6 is 23.2 Å². The van der Waals surface area contributed by atoms with Crippen LogP contribution in [0, 0.1) is 15.9 Å². The van der Waals surface area contributed by atoms with E-state index in [1.165, 1.54) is 35.0 Å². The summed E-state index contributed by atoms with van der Waals surface area (Å²) in [5, 5.41) is 19.4. The normalized spacial score (nSPS) is 10.8. The van der Waals surface area contributed by atoms with Gasteiger partial charge in [-0.25, -0.2) is 9.07 Å². The summed E-state index contributed by atoms with van der Waals surface area (Å²) in [5.74, 6) is -0.984. The standard InChI is InChI=1S/C24H17Cl2FN4O3/c25-16-9-8-15(20(26)12-16)10-11-28-24(32)23-14-22(19-6-1-2-7-21(19)27)29-30(23)17-4-3-5-18(13-17)31(33)34/h1-9,12-14H,10-11H2,(H,28,32). The molecular formula is C24H17Cl2FN4O3. The minimum absolute atomic E-state index is 0.0981. The number of nitro groups is 1. The van der Waals surface area contributed by atoms with Crippen LogP contribution in [-0.4, -0.2) is 27.2 Å². The molecule has 0 saturated carbocycles. The van der Waals surface area contributed by atoms with E-state index in [0.717, 1.165) is 5.56 Å². The molecule has 0 aliphatic heterocycles. The first kappa shape index (κ1) is 23.4. The molecule has 34 heavy (non-hydrogen) atoms. The molecular weight excluding hydrogens is 482 g/mol. The van der Waals surface area contributed by atoms with Crippen LogP contribution in [0.5, 0.6) is 0 Å². The molecule has 0 spiro atoms. The van der Waals surface area contributed by atoms with Gasteiger partial charge < -0.3 is 5.32 Å². The number of nitro benzene ring substituents is 1. The second-order valence-corrected chi connectivity index (χ2v) is 8.17. The summed E-state index contributed by atoms with van der Waals surface area (Å²) < 4.78 is 15.6. The highest BCUT2D eigenvalue weighted by molar-refractivity contribution is 6.35. The van der Waals surface area contributed by atoms with E-state index in [-0.39, 0.29) is 29.2 Å². The highest BCUT2D eigenvalue weighted by atomic mass is 35.5. The maximum atomic E-state index is 14.4. The molecule has 4 rings (SSSR count). The number of non-ortho nitro benzene ring substituents is 1. The van der Waals surface area contributed by atoms with E-state index in [1.54, 1.807) is 42.5 Å². The summed E-state index contributed by atoms with van der Waals surface area (Å²) >= 11 is 12.1. The summed E-state index contributed by atoms with van der Waals surface area (Å²) in [6, 6.07) is 18.3. The van der Waals surface area contributed by atoms with Crippen LogP contribution in [0.3, 0.4) is 0 Å². The molecule has 10 heteroatoms. The van der Waals surface area contributed by atoms with Gasteiger partial charge in [-0.3, -0.25) is 14.9 Å². The molecule has 0 atom stereocenters. The number of nitrogens with zero attached hydrogens (tertiary/aromatic N) is 3. The van der Waals surface area contributed by atoms with Gasteiger partial charge in [0.15, 0.2) is 0 Å². The van der Waals surface area contributed by atoms with Crippen LogP contribution in [0.2, 0.25) is 10.0 Å². The highest BCUT2D eigenvalue weighted by Crippen LogP contribution is 2.26. The first-order chi connectivity index (χ1) is 16.3. The molecule has 0 aliphatic rings. The van der Waals surface area contributed by atoms with Crippen molar-refractivity contribution in [3.05, 3.63) is 110 Å². The Morgan fingerprint density at radius 3 is 2.59 bits per heavy atom. The van der Waals surface area contributed by atoms with Crippen molar-refractivity contribution in [3.8, 4) is 16.9 Å². The molecule has 0 bridgehead atoms. The van der Waals surface area contributed by atoms with Gasteiger partial charge in [0.05, 0.1) is 16.3 Å². The Bertz CT molecular complexity index is 1390. The van der Waals surface area contributed by atoms with Crippen molar-refractivity contribution in [2.24, 2.45) is 0 Å². The fourth-order valence-electron chi connectivity index (χ4n) is 3.40. The van der Waals surface area contributed by atoms with Crippen LogP contribution in [0.4, 0.5) is 10.1 Å². The second-order valence-electron chi connectivity index (χ2n) is 7.33. The van der Waals surface area contributed by atoms with Crippen molar-refractivity contribution in [3.63, 3.8) is 0 Å². The monoisotopic (exact) mass is 498 g/mol. The SMILES string of the molecule is O=C(NCCc1ccc(Cl)cc1Cl)c1cc(-c2ccccc2F)nn1-c1cccc([N+](=O)[O-])c1. The fourth-order valence-corrected chi connectivity index (χ4v) is 3.91. The molecule has 0 fully saturated rings. The van der Waals surface area contributed by atoms with Gasteiger partial charge in [0.2, 0.25) is 0 Å². The lowest BCUT2D eigenvalue weighted by Gasteiger charge is -2.09. The van der Waals surface area contributed by atoms with Crippen LogP contribution in [0.15, 0.2) is 72.8 Å². The van der Waals surface area contributed by atoms with E-state index < -0.39 is 16.6 Å². The summed E-state index contributed by atoms with van der Waals surface area (Å²) in [6.07, 6.45) is 0.451. The summed E-state index contributed by atoms with van der Waals surface area (Å²) in [4.78, 5) is 23.7. The lowest BCUT2D eigenvalue weighted by molar-refractivity contribution is -0.384. The molecule has 1 amide bonds. The smallest absolute Gasteiger partial charge is 0.271 e. The summed E-state index contributed by atoms with van der Waals surface area (Å²) in [6.45, 7) is 0.259. The van der Waals surface area contributed by atoms with Crippen molar-refractivity contribution >= 4 is 34.8 Å². The van der Waals surface area contributed by atoms with Gasteiger partial charge in [-0.15, -0.1) is 0 Å². The molecule has 1 heterocycles. The molecule has 7 nitrogen and oxygen atoms in total. The van der Waals surface area contributed by atoms with Gasteiger partial charge in [-0.05, 0) is 48.4 Å². The van der Waals surface area contributed by atoms with Crippen molar-refractivity contribution in [2.75, 3.05) is 6.54 Å². The van der Waals surface area contributed by atoms with E-state index in [4.69, 9.17) is 23.2 Å². The third-order valence-corrected chi connectivity index (χ3v) is 5.66. The van der Waals surface area contributed by atoms with Crippen LogP contribution < -0.4 is 5.32 Å². The number of hydrogen-bond donors (Lipinski definition) is 1. The topological polar surface area (TPSA) is 90.1 Å². The van der Waals surface area contributed by atoms with Gasteiger partial charge in [0, 0.05) is 34.3 Å². The molecule has 0 saturated heterocycles. The number of carbonyl (C=O) groups is 1. The molecule has 0 aliphatic carbocycles. The average molecular weight is 499 g/mol.